The molecule has 0 aliphatic heterocycles. The number of nitrogens with two attached hydrogens (primary N) is 1. The van der Waals surface area contributed by atoms with Crippen LogP contribution in [0.2, 0.25) is 0 Å². The van der Waals surface area contributed by atoms with Crippen molar-refractivity contribution in [1.29, 1.82) is 0 Å². The first-order valence-corrected chi connectivity index (χ1v) is 5.80. The molecule has 0 spiro atoms. The van der Waals surface area contributed by atoms with Crippen molar-refractivity contribution >= 4 is 21.7 Å². The monoisotopic (exact) mass is 294 g/mol. The molecule has 2 aromatic rings. The highest BCUT2D eigenvalue weighted by molar-refractivity contribution is 9.10. The van der Waals surface area contributed by atoms with E-state index < -0.39 is 0 Å². The van der Waals surface area contributed by atoms with Crippen molar-refractivity contribution in [3.63, 3.8) is 0 Å². The van der Waals surface area contributed by atoms with Crippen LogP contribution in [0.1, 0.15) is 21.7 Å². The van der Waals surface area contributed by atoms with E-state index in [0.29, 0.717) is 28.0 Å². The van der Waals surface area contributed by atoms with Crippen LogP contribution in [0.4, 0.5) is 0 Å². The van der Waals surface area contributed by atoms with Gasteiger partial charge in [-0.2, -0.15) is 5.10 Å². The van der Waals surface area contributed by atoms with E-state index in [-0.39, 0.29) is 5.78 Å². The lowest BCUT2D eigenvalue weighted by molar-refractivity contribution is 0.102. The van der Waals surface area contributed by atoms with Crippen molar-refractivity contribution in [1.82, 2.24) is 14.8 Å². The summed E-state index contributed by atoms with van der Waals surface area (Å²) in [7, 11) is 1.73. The Morgan fingerprint density at radius 2 is 2.35 bits per heavy atom. The molecule has 5 nitrogen and oxygen atoms in total. The van der Waals surface area contributed by atoms with Crippen LogP contribution in [0.15, 0.2) is 29.0 Å². The van der Waals surface area contributed by atoms with Crippen LogP contribution in [0.3, 0.4) is 0 Å². The standard InChI is InChI=1S/C11H11BrN4O/c1-16-10(9(12)6-15-16)11(17)7-2-3-14-8(4-7)5-13/h2-4,6H,5,13H2,1H3. The number of carbonyl (C=O) groups is 1. The molecule has 0 saturated carbocycles. The number of carbonyl (C=O) groups excluding carboxylic acids is 1. The molecule has 88 valence electrons. The number of rotatable bonds is 3. The summed E-state index contributed by atoms with van der Waals surface area (Å²) >= 11 is 3.31. The molecular formula is C11H11BrN4O. The number of nitrogens with zero attached hydrogens (tertiary/aromatic N) is 3. The van der Waals surface area contributed by atoms with Crippen molar-refractivity contribution in [3.05, 3.63) is 46.0 Å². The summed E-state index contributed by atoms with van der Waals surface area (Å²) in [6, 6.07) is 3.36. The Balaban J connectivity index is 2.44. The number of pyridine rings is 1. The van der Waals surface area contributed by atoms with E-state index in [1.54, 1.807) is 31.6 Å². The second-order valence-corrected chi connectivity index (χ2v) is 4.39. The second-order valence-electron chi connectivity index (χ2n) is 3.53. The number of hydrogen-bond acceptors (Lipinski definition) is 4. The highest BCUT2D eigenvalue weighted by atomic mass is 79.9. The van der Waals surface area contributed by atoms with Gasteiger partial charge >= 0.3 is 0 Å². The van der Waals surface area contributed by atoms with Crippen LogP contribution in [0, 0.1) is 0 Å². The topological polar surface area (TPSA) is 73.8 Å². The SMILES string of the molecule is Cn1ncc(Br)c1C(=O)c1ccnc(CN)c1. The van der Waals surface area contributed by atoms with Gasteiger partial charge in [0.05, 0.1) is 16.4 Å². The predicted octanol–water partition coefficient (Wildman–Crippen LogP) is 1.27. The van der Waals surface area contributed by atoms with E-state index in [1.165, 1.54) is 4.68 Å². The first kappa shape index (κ1) is 11.9. The molecule has 0 amide bonds. The van der Waals surface area contributed by atoms with Crippen molar-refractivity contribution < 1.29 is 4.79 Å². The fourth-order valence-corrected chi connectivity index (χ4v) is 2.06. The number of ketones is 1. The number of aromatic nitrogens is 3. The van der Waals surface area contributed by atoms with Crippen LogP contribution >= 0.6 is 15.9 Å². The first-order chi connectivity index (χ1) is 8.13. The summed E-state index contributed by atoms with van der Waals surface area (Å²) in [6.45, 7) is 0.313. The smallest absolute Gasteiger partial charge is 0.212 e. The Bertz CT molecular complexity index is 545. The molecular weight excluding hydrogens is 284 g/mol. The molecule has 0 aromatic carbocycles. The predicted molar refractivity (Wildman–Crippen MR) is 66.5 cm³/mol. The first-order valence-electron chi connectivity index (χ1n) is 5.00. The van der Waals surface area contributed by atoms with Gasteiger partial charge in [-0.05, 0) is 28.1 Å². The second kappa shape index (κ2) is 4.77. The van der Waals surface area contributed by atoms with Gasteiger partial charge in [-0.15, -0.1) is 0 Å². The van der Waals surface area contributed by atoms with Crippen molar-refractivity contribution in [2.45, 2.75) is 6.54 Å². The van der Waals surface area contributed by atoms with E-state index in [9.17, 15) is 4.79 Å². The van der Waals surface area contributed by atoms with Gasteiger partial charge in [-0.3, -0.25) is 14.5 Å². The Morgan fingerprint density at radius 1 is 1.59 bits per heavy atom. The summed E-state index contributed by atoms with van der Waals surface area (Å²) < 4.78 is 2.21. The summed E-state index contributed by atoms with van der Waals surface area (Å²) in [6.07, 6.45) is 3.18. The normalized spacial score (nSPS) is 10.5. The lowest BCUT2D eigenvalue weighted by atomic mass is 10.1. The maximum absolute atomic E-state index is 12.3. The summed E-state index contributed by atoms with van der Waals surface area (Å²) in [5.41, 5.74) is 7.26. The molecule has 0 radical (unpaired) electrons. The third-order valence-corrected chi connectivity index (χ3v) is 2.98. The van der Waals surface area contributed by atoms with Crippen LogP contribution in [0.25, 0.3) is 0 Å². The van der Waals surface area contributed by atoms with Crippen molar-refractivity contribution in [3.8, 4) is 0 Å². The molecule has 0 aliphatic rings. The molecule has 0 bridgehead atoms. The largest absolute Gasteiger partial charge is 0.325 e. The van der Waals surface area contributed by atoms with E-state index in [2.05, 4.69) is 26.0 Å². The van der Waals surface area contributed by atoms with Gasteiger partial charge in [0, 0.05) is 25.4 Å². The van der Waals surface area contributed by atoms with E-state index in [0.717, 1.165) is 0 Å². The van der Waals surface area contributed by atoms with Gasteiger partial charge in [0.25, 0.3) is 0 Å². The molecule has 0 unspecified atom stereocenters. The Labute approximate surface area is 107 Å². The number of hydrogen-bond donors (Lipinski definition) is 1. The molecule has 2 rings (SSSR count). The molecule has 2 heterocycles. The third-order valence-electron chi connectivity index (χ3n) is 2.40. The van der Waals surface area contributed by atoms with Crippen molar-refractivity contribution in [2.75, 3.05) is 0 Å². The minimum absolute atomic E-state index is 0.103. The number of aryl methyl sites for hydroxylation is 1. The van der Waals surface area contributed by atoms with Crippen LogP contribution < -0.4 is 5.73 Å². The lowest BCUT2D eigenvalue weighted by Crippen LogP contribution is -2.10. The van der Waals surface area contributed by atoms with Gasteiger partial charge in [0.1, 0.15) is 5.69 Å². The third kappa shape index (κ3) is 2.27. The average molecular weight is 295 g/mol. The van der Waals surface area contributed by atoms with E-state index in [4.69, 9.17) is 5.73 Å². The quantitative estimate of drug-likeness (QED) is 0.865. The van der Waals surface area contributed by atoms with Gasteiger partial charge in [-0.25, -0.2) is 0 Å². The number of halogens is 1. The van der Waals surface area contributed by atoms with Crippen LogP contribution in [0.5, 0.6) is 0 Å². The Hall–Kier alpha value is -1.53. The molecule has 0 fully saturated rings. The summed E-state index contributed by atoms with van der Waals surface area (Å²) in [5, 5.41) is 4.01. The lowest BCUT2D eigenvalue weighted by Gasteiger charge is -2.03. The van der Waals surface area contributed by atoms with Crippen LogP contribution in [-0.4, -0.2) is 20.5 Å². The van der Waals surface area contributed by atoms with Gasteiger partial charge in [0.15, 0.2) is 0 Å². The molecule has 6 heteroatoms. The molecule has 2 aromatic heterocycles. The van der Waals surface area contributed by atoms with Crippen LogP contribution in [-0.2, 0) is 13.6 Å². The zero-order chi connectivity index (χ0) is 12.4. The molecule has 0 saturated heterocycles. The summed E-state index contributed by atoms with van der Waals surface area (Å²) in [5.74, 6) is -0.103. The minimum atomic E-state index is -0.103. The molecule has 17 heavy (non-hydrogen) atoms. The zero-order valence-electron chi connectivity index (χ0n) is 9.22. The van der Waals surface area contributed by atoms with Gasteiger partial charge < -0.3 is 5.73 Å². The molecule has 2 N–H and O–H groups in total. The molecule has 0 aliphatic carbocycles. The fraction of sp³-hybridized carbons (Fsp3) is 0.182. The van der Waals surface area contributed by atoms with Gasteiger partial charge in [-0.1, -0.05) is 0 Å². The minimum Gasteiger partial charge on any atom is -0.325 e. The van der Waals surface area contributed by atoms with E-state index in [1.807, 2.05) is 0 Å². The van der Waals surface area contributed by atoms with Gasteiger partial charge in [0.2, 0.25) is 5.78 Å². The van der Waals surface area contributed by atoms with Crippen molar-refractivity contribution in [2.24, 2.45) is 12.8 Å². The van der Waals surface area contributed by atoms with E-state index >= 15 is 0 Å². The highest BCUT2D eigenvalue weighted by Crippen LogP contribution is 2.19. The average Bonchev–Trinajstić information content (AvgIpc) is 2.68. The maximum Gasteiger partial charge on any atom is 0.212 e. The zero-order valence-corrected chi connectivity index (χ0v) is 10.8. The summed E-state index contributed by atoms with van der Waals surface area (Å²) in [4.78, 5) is 16.3. The Kier molecular flexibility index (Phi) is 3.35. The maximum atomic E-state index is 12.3. The Morgan fingerprint density at radius 3 is 2.94 bits per heavy atom. The molecule has 0 atom stereocenters. The highest BCUT2D eigenvalue weighted by Gasteiger charge is 2.17. The fourth-order valence-electron chi connectivity index (χ4n) is 1.53.